The second-order valence-electron chi connectivity index (χ2n) is 5.11. The van der Waals surface area contributed by atoms with E-state index in [1.165, 1.54) is 5.56 Å². The number of carbonyl (C=O) groups excluding carboxylic acids is 1. The van der Waals surface area contributed by atoms with Crippen molar-refractivity contribution in [1.29, 1.82) is 0 Å². The van der Waals surface area contributed by atoms with Gasteiger partial charge in [-0.05, 0) is 37.1 Å². The molecular formula is C16H21N3O2. The first-order valence-corrected chi connectivity index (χ1v) is 7.24. The summed E-state index contributed by atoms with van der Waals surface area (Å²) in [4.78, 5) is 17.2. The zero-order valence-electron chi connectivity index (χ0n) is 12.3. The van der Waals surface area contributed by atoms with Gasteiger partial charge in [0.05, 0.1) is 13.7 Å². The number of nitrogens with one attached hydrogen (secondary N) is 1. The Morgan fingerprint density at radius 2 is 2.24 bits per heavy atom. The number of methoxy groups -OCH3 is 1. The van der Waals surface area contributed by atoms with Crippen LogP contribution in [0.2, 0.25) is 0 Å². The van der Waals surface area contributed by atoms with Gasteiger partial charge in [-0.2, -0.15) is 0 Å². The van der Waals surface area contributed by atoms with Crippen molar-refractivity contribution in [2.75, 3.05) is 26.7 Å². The number of hydrogen-bond donors (Lipinski definition) is 1. The molecule has 1 aliphatic heterocycles. The van der Waals surface area contributed by atoms with Crippen LogP contribution in [0.4, 0.5) is 0 Å². The molecule has 5 nitrogen and oxygen atoms in total. The van der Waals surface area contributed by atoms with Crippen LogP contribution in [-0.4, -0.2) is 43.7 Å². The summed E-state index contributed by atoms with van der Waals surface area (Å²) < 4.78 is 5.11. The van der Waals surface area contributed by atoms with E-state index in [1.54, 1.807) is 12.0 Å². The second kappa shape index (κ2) is 7.65. The van der Waals surface area contributed by atoms with E-state index in [0.29, 0.717) is 13.1 Å². The summed E-state index contributed by atoms with van der Waals surface area (Å²) in [6.07, 6.45) is 2.36. The SMILES string of the molecule is [C-]#[N+][C@@H]1CCCN1C(=O)CNCCc1ccc(OC)cc1. The highest BCUT2D eigenvalue weighted by Crippen LogP contribution is 2.17. The Morgan fingerprint density at radius 1 is 1.48 bits per heavy atom. The van der Waals surface area contributed by atoms with Gasteiger partial charge < -0.3 is 10.1 Å². The molecule has 1 heterocycles. The summed E-state index contributed by atoms with van der Waals surface area (Å²) in [5.41, 5.74) is 1.20. The fraction of sp³-hybridized carbons (Fsp3) is 0.500. The standard InChI is InChI=1S/C16H21N3O2/c1-17-15-4-3-11-19(15)16(20)12-18-10-9-13-5-7-14(21-2)8-6-13/h5-8,15,18H,3-4,9-12H2,2H3/t15-/m0/s1. The number of carbonyl (C=O) groups is 1. The van der Waals surface area contributed by atoms with Gasteiger partial charge in [-0.1, -0.05) is 12.1 Å². The van der Waals surface area contributed by atoms with Gasteiger partial charge in [-0.25, -0.2) is 6.57 Å². The average Bonchev–Trinajstić information content (AvgIpc) is 3.00. The predicted octanol–water partition coefficient (Wildman–Crippen LogP) is 1.70. The van der Waals surface area contributed by atoms with Crippen LogP contribution in [0.3, 0.4) is 0 Å². The number of nitrogens with zero attached hydrogens (tertiary/aromatic N) is 2. The molecule has 1 aromatic rings. The summed E-state index contributed by atoms with van der Waals surface area (Å²) in [5.74, 6) is 0.879. The van der Waals surface area contributed by atoms with Crippen LogP contribution >= 0.6 is 0 Å². The Bertz CT molecular complexity index is 507. The van der Waals surface area contributed by atoms with E-state index < -0.39 is 0 Å². The molecule has 0 bridgehead atoms. The van der Waals surface area contributed by atoms with Crippen molar-refractivity contribution in [2.24, 2.45) is 0 Å². The van der Waals surface area contributed by atoms with Gasteiger partial charge in [0, 0.05) is 13.0 Å². The first-order chi connectivity index (χ1) is 10.2. The lowest BCUT2D eigenvalue weighted by Gasteiger charge is -2.16. The predicted molar refractivity (Wildman–Crippen MR) is 80.9 cm³/mol. The molecule has 1 N–H and O–H groups in total. The van der Waals surface area contributed by atoms with Crippen molar-refractivity contribution in [2.45, 2.75) is 25.4 Å². The second-order valence-corrected chi connectivity index (χ2v) is 5.11. The summed E-state index contributed by atoms with van der Waals surface area (Å²) in [7, 11) is 1.65. The maximum absolute atomic E-state index is 12.0. The van der Waals surface area contributed by atoms with E-state index in [1.807, 2.05) is 24.3 Å². The topological polar surface area (TPSA) is 45.9 Å². The largest absolute Gasteiger partial charge is 0.497 e. The van der Waals surface area contributed by atoms with Gasteiger partial charge >= 0.3 is 6.17 Å². The summed E-state index contributed by atoms with van der Waals surface area (Å²) in [6, 6.07) is 7.92. The minimum atomic E-state index is -0.249. The highest BCUT2D eigenvalue weighted by Gasteiger charge is 2.32. The Hall–Kier alpha value is -2.06. The van der Waals surface area contributed by atoms with Crippen LogP contribution in [0.25, 0.3) is 4.85 Å². The number of amides is 1. The minimum absolute atomic E-state index is 0.0308. The van der Waals surface area contributed by atoms with E-state index >= 15 is 0 Å². The molecular weight excluding hydrogens is 266 g/mol. The van der Waals surface area contributed by atoms with Gasteiger partial charge in [-0.3, -0.25) is 14.5 Å². The zero-order valence-corrected chi connectivity index (χ0v) is 12.3. The molecule has 1 amide bonds. The molecule has 0 radical (unpaired) electrons. The van der Waals surface area contributed by atoms with Gasteiger partial charge in [0.25, 0.3) is 0 Å². The lowest BCUT2D eigenvalue weighted by Crippen LogP contribution is -2.40. The molecule has 0 saturated carbocycles. The summed E-state index contributed by atoms with van der Waals surface area (Å²) >= 11 is 0. The van der Waals surface area contributed by atoms with E-state index in [9.17, 15) is 4.79 Å². The molecule has 0 aromatic heterocycles. The Labute approximate surface area is 125 Å². The Kier molecular flexibility index (Phi) is 5.59. The maximum atomic E-state index is 12.0. The van der Waals surface area contributed by atoms with Crippen LogP contribution in [0.1, 0.15) is 18.4 Å². The number of rotatable bonds is 6. The average molecular weight is 287 g/mol. The first-order valence-electron chi connectivity index (χ1n) is 7.24. The third-order valence-corrected chi connectivity index (χ3v) is 3.72. The van der Waals surface area contributed by atoms with Crippen molar-refractivity contribution in [3.8, 4) is 5.75 Å². The normalized spacial score (nSPS) is 17.5. The molecule has 1 aromatic carbocycles. The number of likely N-dealkylation sites (tertiary alicyclic amines) is 1. The molecule has 0 aliphatic carbocycles. The number of ether oxygens (including phenoxy) is 1. The molecule has 1 atom stereocenters. The van der Waals surface area contributed by atoms with Crippen LogP contribution < -0.4 is 10.1 Å². The molecule has 1 fully saturated rings. The van der Waals surface area contributed by atoms with E-state index in [-0.39, 0.29) is 12.1 Å². The van der Waals surface area contributed by atoms with Gasteiger partial charge in [0.1, 0.15) is 5.75 Å². The van der Waals surface area contributed by atoms with Crippen molar-refractivity contribution >= 4 is 5.91 Å². The number of benzene rings is 1. The Balaban J connectivity index is 1.69. The first kappa shape index (κ1) is 15.3. The fourth-order valence-corrected chi connectivity index (χ4v) is 2.50. The molecule has 0 unspecified atom stereocenters. The highest BCUT2D eigenvalue weighted by atomic mass is 16.5. The van der Waals surface area contributed by atoms with Crippen LogP contribution in [-0.2, 0) is 11.2 Å². The van der Waals surface area contributed by atoms with Crippen LogP contribution in [0.15, 0.2) is 24.3 Å². The number of hydrogen-bond acceptors (Lipinski definition) is 3. The summed E-state index contributed by atoms with van der Waals surface area (Å²) in [6.45, 7) is 8.85. The van der Waals surface area contributed by atoms with Gasteiger partial charge in [0.15, 0.2) is 0 Å². The zero-order chi connectivity index (χ0) is 15.1. The van der Waals surface area contributed by atoms with E-state index in [2.05, 4.69) is 10.2 Å². The summed E-state index contributed by atoms with van der Waals surface area (Å²) in [5, 5.41) is 3.16. The molecule has 1 saturated heterocycles. The fourth-order valence-electron chi connectivity index (χ4n) is 2.50. The van der Waals surface area contributed by atoms with Crippen molar-refractivity contribution < 1.29 is 9.53 Å². The van der Waals surface area contributed by atoms with Crippen molar-refractivity contribution in [1.82, 2.24) is 10.2 Å². The van der Waals surface area contributed by atoms with E-state index in [4.69, 9.17) is 11.3 Å². The van der Waals surface area contributed by atoms with E-state index in [0.717, 1.165) is 31.6 Å². The van der Waals surface area contributed by atoms with Crippen molar-refractivity contribution in [3.05, 3.63) is 41.2 Å². The lowest BCUT2D eigenvalue weighted by atomic mass is 10.1. The monoisotopic (exact) mass is 287 g/mol. The lowest BCUT2D eigenvalue weighted by molar-refractivity contribution is -0.130. The van der Waals surface area contributed by atoms with Gasteiger partial charge in [0.2, 0.25) is 5.91 Å². The van der Waals surface area contributed by atoms with Gasteiger partial charge in [-0.15, -0.1) is 0 Å². The quantitative estimate of drug-likeness (QED) is 0.640. The van der Waals surface area contributed by atoms with Crippen LogP contribution in [0.5, 0.6) is 5.75 Å². The highest BCUT2D eigenvalue weighted by molar-refractivity contribution is 5.79. The molecule has 1 aliphatic rings. The Morgan fingerprint density at radius 3 is 2.90 bits per heavy atom. The maximum Gasteiger partial charge on any atom is 0.300 e. The third-order valence-electron chi connectivity index (χ3n) is 3.72. The molecule has 0 spiro atoms. The molecule has 112 valence electrons. The molecule has 5 heteroatoms. The van der Waals surface area contributed by atoms with Crippen molar-refractivity contribution in [3.63, 3.8) is 0 Å². The van der Waals surface area contributed by atoms with Crippen LogP contribution in [0, 0.1) is 6.57 Å². The third kappa shape index (κ3) is 4.20. The minimum Gasteiger partial charge on any atom is -0.497 e. The molecule has 21 heavy (non-hydrogen) atoms. The smallest absolute Gasteiger partial charge is 0.300 e. The molecule has 2 rings (SSSR count).